The molecule has 0 spiro atoms. The lowest BCUT2D eigenvalue weighted by Gasteiger charge is -2.38. The summed E-state index contributed by atoms with van der Waals surface area (Å²) in [5, 5.41) is 9.04. The molecule has 2 heterocycles. The molecule has 3 aromatic rings. The van der Waals surface area contributed by atoms with Gasteiger partial charge in [-0.15, -0.1) is 0 Å². The SMILES string of the molecule is COCCCN1CCOc2ccc(COC3CN(C(=O)OCc4ccccc4)CCC3c3ccc(OCCCO)cc3)cc21. The van der Waals surface area contributed by atoms with Crippen molar-refractivity contribution in [2.75, 3.05) is 64.6 Å². The van der Waals surface area contributed by atoms with E-state index in [1.807, 2.05) is 48.5 Å². The minimum absolute atomic E-state index is 0.103. The van der Waals surface area contributed by atoms with Crippen LogP contribution in [0.25, 0.3) is 0 Å². The average molecular weight is 605 g/mol. The predicted octanol–water partition coefficient (Wildman–Crippen LogP) is 5.39. The van der Waals surface area contributed by atoms with Gasteiger partial charge in [0.1, 0.15) is 24.7 Å². The number of benzene rings is 3. The van der Waals surface area contributed by atoms with E-state index >= 15 is 0 Å². The summed E-state index contributed by atoms with van der Waals surface area (Å²) >= 11 is 0. The first kappa shape index (κ1) is 31.6. The number of anilines is 1. The number of piperidine rings is 1. The lowest BCUT2D eigenvalue weighted by atomic mass is 9.87. The van der Waals surface area contributed by atoms with Crippen LogP contribution in [0.2, 0.25) is 0 Å². The summed E-state index contributed by atoms with van der Waals surface area (Å²) in [5.41, 5.74) is 4.24. The summed E-state index contributed by atoms with van der Waals surface area (Å²) in [6, 6.07) is 24.0. The van der Waals surface area contributed by atoms with Crippen LogP contribution >= 0.6 is 0 Å². The molecule has 236 valence electrons. The van der Waals surface area contributed by atoms with Gasteiger partial charge in [0.05, 0.1) is 38.1 Å². The normalized spacial score (nSPS) is 18.0. The Bertz CT molecular complexity index is 1300. The molecular formula is C35H44N2O7. The third-order valence-corrected chi connectivity index (χ3v) is 8.13. The van der Waals surface area contributed by atoms with Gasteiger partial charge in [-0.05, 0) is 53.8 Å². The van der Waals surface area contributed by atoms with Crippen molar-refractivity contribution >= 4 is 11.8 Å². The van der Waals surface area contributed by atoms with E-state index in [0.717, 1.165) is 66.4 Å². The van der Waals surface area contributed by atoms with Crippen LogP contribution in [0.15, 0.2) is 72.8 Å². The van der Waals surface area contributed by atoms with E-state index in [0.29, 0.717) is 39.3 Å². The average Bonchev–Trinajstić information content (AvgIpc) is 3.07. The zero-order valence-corrected chi connectivity index (χ0v) is 25.6. The molecule has 2 aliphatic rings. The lowest BCUT2D eigenvalue weighted by molar-refractivity contribution is -0.0246. The molecule has 1 amide bonds. The molecule has 1 saturated heterocycles. The van der Waals surface area contributed by atoms with Crippen molar-refractivity contribution in [3.05, 3.63) is 89.5 Å². The number of rotatable bonds is 14. The van der Waals surface area contributed by atoms with Crippen molar-refractivity contribution in [2.45, 2.75) is 44.5 Å². The molecule has 0 radical (unpaired) electrons. The van der Waals surface area contributed by atoms with Gasteiger partial charge in [-0.25, -0.2) is 4.79 Å². The predicted molar refractivity (Wildman–Crippen MR) is 168 cm³/mol. The summed E-state index contributed by atoms with van der Waals surface area (Å²) in [5.74, 6) is 1.76. The van der Waals surface area contributed by atoms with E-state index in [1.54, 1.807) is 12.0 Å². The maximum Gasteiger partial charge on any atom is 0.410 e. The van der Waals surface area contributed by atoms with E-state index in [9.17, 15) is 4.79 Å². The number of fused-ring (bicyclic) bond motifs is 1. The molecule has 0 saturated carbocycles. The second kappa shape index (κ2) is 16.3. The van der Waals surface area contributed by atoms with Crippen LogP contribution in [-0.4, -0.2) is 81.9 Å². The number of ether oxygens (including phenoxy) is 5. The molecule has 2 unspecified atom stereocenters. The molecule has 0 aromatic heterocycles. The first-order valence-electron chi connectivity index (χ1n) is 15.5. The van der Waals surface area contributed by atoms with Gasteiger partial charge in [-0.3, -0.25) is 0 Å². The number of hydrogen-bond donors (Lipinski definition) is 1. The van der Waals surface area contributed by atoms with Gasteiger partial charge in [-0.1, -0.05) is 48.5 Å². The fourth-order valence-electron chi connectivity index (χ4n) is 5.75. The molecule has 0 bridgehead atoms. The molecule has 2 aliphatic heterocycles. The fourth-order valence-corrected chi connectivity index (χ4v) is 5.75. The molecule has 9 heteroatoms. The van der Waals surface area contributed by atoms with Gasteiger partial charge in [0.25, 0.3) is 0 Å². The number of nitrogens with zero attached hydrogens (tertiary/aromatic N) is 2. The highest BCUT2D eigenvalue weighted by molar-refractivity contribution is 5.68. The maximum atomic E-state index is 13.1. The standard InChI is InChI=1S/C35H44N2O7/c1-40-20-5-16-36-18-22-42-33-14-9-28(23-32(33)36)26-43-34-24-37(35(39)44-25-27-7-3-2-4-8-27)17-15-31(34)29-10-12-30(13-11-29)41-21-6-19-38/h2-4,7-14,23,31,34,38H,5-6,15-22,24-26H2,1H3. The minimum atomic E-state index is -0.328. The number of hydrogen-bond acceptors (Lipinski definition) is 8. The van der Waals surface area contributed by atoms with Gasteiger partial charge < -0.3 is 38.6 Å². The third kappa shape index (κ3) is 8.65. The Morgan fingerprint density at radius 2 is 1.80 bits per heavy atom. The van der Waals surface area contributed by atoms with Crippen LogP contribution in [0.4, 0.5) is 10.5 Å². The third-order valence-electron chi connectivity index (χ3n) is 8.13. The summed E-state index contributed by atoms with van der Waals surface area (Å²) in [6.45, 7) is 5.37. The molecule has 5 rings (SSSR count). The molecule has 2 atom stereocenters. The van der Waals surface area contributed by atoms with Crippen LogP contribution in [0.1, 0.15) is 41.9 Å². The summed E-state index contributed by atoms with van der Waals surface area (Å²) < 4.78 is 29.2. The van der Waals surface area contributed by atoms with Gasteiger partial charge in [0.2, 0.25) is 0 Å². The monoisotopic (exact) mass is 604 g/mol. The second-order valence-electron chi connectivity index (χ2n) is 11.2. The van der Waals surface area contributed by atoms with E-state index in [1.165, 1.54) is 0 Å². The number of aliphatic hydroxyl groups excluding tert-OH is 1. The Kier molecular flexibility index (Phi) is 11.7. The van der Waals surface area contributed by atoms with Crippen LogP contribution in [-0.2, 0) is 27.4 Å². The molecule has 9 nitrogen and oxygen atoms in total. The van der Waals surface area contributed by atoms with Crippen molar-refractivity contribution in [1.82, 2.24) is 4.90 Å². The number of carbonyl (C=O) groups excluding carboxylic acids is 1. The second-order valence-corrected chi connectivity index (χ2v) is 11.2. The Morgan fingerprint density at radius 3 is 2.59 bits per heavy atom. The Balaban J connectivity index is 1.27. The summed E-state index contributed by atoms with van der Waals surface area (Å²) in [6.07, 6.45) is 1.74. The molecule has 3 aromatic carbocycles. The quantitative estimate of drug-likeness (QED) is 0.245. The molecular weight excluding hydrogens is 560 g/mol. The zero-order valence-electron chi connectivity index (χ0n) is 25.6. The largest absolute Gasteiger partial charge is 0.494 e. The van der Waals surface area contributed by atoms with Crippen molar-refractivity contribution < 1.29 is 33.6 Å². The number of methoxy groups -OCH3 is 1. The number of aliphatic hydroxyl groups is 1. The van der Waals surface area contributed by atoms with E-state index in [2.05, 4.69) is 29.2 Å². The topological polar surface area (TPSA) is 89.9 Å². The van der Waals surface area contributed by atoms with Crippen LogP contribution in [0, 0.1) is 0 Å². The van der Waals surface area contributed by atoms with Gasteiger partial charge >= 0.3 is 6.09 Å². The van der Waals surface area contributed by atoms with Crippen LogP contribution in [0.3, 0.4) is 0 Å². The van der Waals surface area contributed by atoms with Crippen molar-refractivity contribution in [2.24, 2.45) is 0 Å². The Morgan fingerprint density at radius 1 is 0.955 bits per heavy atom. The van der Waals surface area contributed by atoms with E-state index < -0.39 is 0 Å². The fraction of sp³-hybridized carbons (Fsp3) is 0.457. The van der Waals surface area contributed by atoms with Crippen molar-refractivity contribution in [1.29, 1.82) is 0 Å². The highest BCUT2D eigenvalue weighted by Crippen LogP contribution is 2.35. The van der Waals surface area contributed by atoms with Gasteiger partial charge in [-0.2, -0.15) is 0 Å². The first-order chi connectivity index (χ1) is 21.6. The van der Waals surface area contributed by atoms with Crippen molar-refractivity contribution in [3.8, 4) is 11.5 Å². The summed E-state index contributed by atoms with van der Waals surface area (Å²) in [4.78, 5) is 17.2. The minimum Gasteiger partial charge on any atom is -0.494 e. The molecule has 44 heavy (non-hydrogen) atoms. The molecule has 1 N–H and O–H groups in total. The van der Waals surface area contributed by atoms with E-state index in [-0.39, 0.29) is 31.3 Å². The van der Waals surface area contributed by atoms with Crippen LogP contribution < -0.4 is 14.4 Å². The highest BCUT2D eigenvalue weighted by atomic mass is 16.6. The van der Waals surface area contributed by atoms with E-state index in [4.69, 9.17) is 28.8 Å². The number of likely N-dealkylation sites (tertiary alicyclic amines) is 1. The Labute approximate surface area is 260 Å². The molecule has 0 aliphatic carbocycles. The van der Waals surface area contributed by atoms with Gasteiger partial charge in [0.15, 0.2) is 0 Å². The van der Waals surface area contributed by atoms with Crippen molar-refractivity contribution in [3.63, 3.8) is 0 Å². The smallest absolute Gasteiger partial charge is 0.410 e. The maximum absolute atomic E-state index is 13.1. The zero-order chi connectivity index (χ0) is 30.6. The number of amides is 1. The number of carbonyl (C=O) groups is 1. The molecule has 1 fully saturated rings. The highest BCUT2D eigenvalue weighted by Gasteiger charge is 2.34. The Hall–Kier alpha value is -3.79. The first-order valence-corrected chi connectivity index (χ1v) is 15.5. The van der Waals surface area contributed by atoms with Crippen LogP contribution in [0.5, 0.6) is 11.5 Å². The summed E-state index contributed by atoms with van der Waals surface area (Å²) in [7, 11) is 1.73. The van der Waals surface area contributed by atoms with Gasteiger partial charge in [0, 0.05) is 45.8 Å². The lowest BCUT2D eigenvalue weighted by Crippen LogP contribution is -2.47.